The molecule has 0 amide bonds. The average Bonchev–Trinajstić information content (AvgIpc) is 3.00. The molecule has 1 aromatic heterocycles. The van der Waals surface area contributed by atoms with Crippen LogP contribution in [0.5, 0.6) is 0 Å². The molecule has 16 heavy (non-hydrogen) atoms. The third-order valence-electron chi connectivity index (χ3n) is 3.72. The van der Waals surface area contributed by atoms with E-state index in [0.717, 1.165) is 19.0 Å². The zero-order valence-corrected chi connectivity index (χ0v) is 10.5. The fourth-order valence-corrected chi connectivity index (χ4v) is 3.46. The monoisotopic (exact) mass is 236 g/mol. The standard InChI is InChI=1S/C13H20N2S/c1-2-13(16-9-1)12(10-11-3-4-11)15-7-5-14-6-8-15/h1-2,9,11-12,14H,3-8,10H2/t12-/m0/s1. The quantitative estimate of drug-likeness (QED) is 0.864. The Kier molecular flexibility index (Phi) is 3.27. The molecule has 0 radical (unpaired) electrons. The summed E-state index contributed by atoms with van der Waals surface area (Å²) < 4.78 is 0. The van der Waals surface area contributed by atoms with Crippen molar-refractivity contribution in [3.8, 4) is 0 Å². The minimum absolute atomic E-state index is 0.703. The van der Waals surface area contributed by atoms with E-state index in [4.69, 9.17) is 0 Å². The van der Waals surface area contributed by atoms with Gasteiger partial charge in [-0.2, -0.15) is 0 Å². The van der Waals surface area contributed by atoms with Gasteiger partial charge in [-0.15, -0.1) is 11.3 Å². The summed E-state index contributed by atoms with van der Waals surface area (Å²) in [6.07, 6.45) is 4.32. The van der Waals surface area contributed by atoms with Crippen molar-refractivity contribution in [1.82, 2.24) is 10.2 Å². The molecule has 3 rings (SSSR count). The van der Waals surface area contributed by atoms with Gasteiger partial charge in [-0.25, -0.2) is 0 Å². The van der Waals surface area contributed by atoms with E-state index in [-0.39, 0.29) is 0 Å². The zero-order chi connectivity index (χ0) is 10.8. The van der Waals surface area contributed by atoms with Crippen molar-refractivity contribution in [2.75, 3.05) is 26.2 Å². The molecule has 0 unspecified atom stereocenters. The molecule has 2 heterocycles. The lowest BCUT2D eigenvalue weighted by molar-refractivity contribution is 0.163. The minimum Gasteiger partial charge on any atom is -0.314 e. The number of hydrogen-bond donors (Lipinski definition) is 1. The van der Waals surface area contributed by atoms with Crippen LogP contribution < -0.4 is 5.32 Å². The molecule has 1 saturated heterocycles. The van der Waals surface area contributed by atoms with Crippen LogP contribution in [0.15, 0.2) is 17.5 Å². The number of rotatable bonds is 4. The topological polar surface area (TPSA) is 15.3 Å². The van der Waals surface area contributed by atoms with E-state index in [1.807, 2.05) is 11.3 Å². The van der Waals surface area contributed by atoms with E-state index < -0.39 is 0 Å². The smallest absolute Gasteiger partial charge is 0.0445 e. The molecule has 3 heteroatoms. The van der Waals surface area contributed by atoms with Gasteiger partial charge in [-0.3, -0.25) is 4.90 Å². The maximum Gasteiger partial charge on any atom is 0.0445 e. The van der Waals surface area contributed by atoms with Crippen molar-refractivity contribution in [2.24, 2.45) is 5.92 Å². The van der Waals surface area contributed by atoms with Crippen molar-refractivity contribution in [1.29, 1.82) is 0 Å². The predicted molar refractivity (Wildman–Crippen MR) is 68.8 cm³/mol. The predicted octanol–water partition coefficient (Wildman–Crippen LogP) is 2.49. The first-order valence-electron chi connectivity index (χ1n) is 6.41. The summed E-state index contributed by atoms with van der Waals surface area (Å²) in [5, 5.41) is 5.67. The summed E-state index contributed by atoms with van der Waals surface area (Å²) >= 11 is 1.93. The Bertz CT molecular complexity index is 313. The fourth-order valence-electron chi connectivity index (χ4n) is 2.59. The second kappa shape index (κ2) is 4.86. The van der Waals surface area contributed by atoms with Crippen molar-refractivity contribution in [3.05, 3.63) is 22.4 Å². The van der Waals surface area contributed by atoms with Gasteiger partial charge in [0.15, 0.2) is 0 Å². The molecule has 0 spiro atoms. The van der Waals surface area contributed by atoms with Crippen molar-refractivity contribution in [2.45, 2.75) is 25.3 Å². The van der Waals surface area contributed by atoms with Crippen LogP contribution in [0.2, 0.25) is 0 Å². The van der Waals surface area contributed by atoms with Crippen LogP contribution in [-0.4, -0.2) is 31.1 Å². The third kappa shape index (κ3) is 2.47. The number of piperazine rings is 1. The molecule has 0 bridgehead atoms. The average molecular weight is 236 g/mol. The summed E-state index contributed by atoms with van der Waals surface area (Å²) in [5.74, 6) is 1.02. The van der Waals surface area contributed by atoms with Crippen LogP contribution in [0.4, 0.5) is 0 Å². The van der Waals surface area contributed by atoms with Gasteiger partial charge in [-0.05, 0) is 23.8 Å². The van der Waals surface area contributed by atoms with Crippen LogP contribution in [0.1, 0.15) is 30.2 Å². The number of hydrogen-bond acceptors (Lipinski definition) is 3. The number of nitrogens with one attached hydrogen (secondary N) is 1. The first-order chi connectivity index (χ1) is 7.93. The summed E-state index contributed by atoms with van der Waals surface area (Å²) in [6.45, 7) is 4.75. The maximum absolute atomic E-state index is 3.45. The molecular weight excluding hydrogens is 216 g/mol. The van der Waals surface area contributed by atoms with Gasteiger partial charge in [-0.1, -0.05) is 18.9 Å². The van der Waals surface area contributed by atoms with E-state index in [1.165, 1.54) is 32.4 Å². The molecular formula is C13H20N2S. The molecule has 1 N–H and O–H groups in total. The second-order valence-corrected chi connectivity index (χ2v) is 5.98. The fraction of sp³-hybridized carbons (Fsp3) is 0.692. The van der Waals surface area contributed by atoms with Crippen molar-refractivity contribution < 1.29 is 0 Å². The van der Waals surface area contributed by atoms with Gasteiger partial charge in [0.2, 0.25) is 0 Å². The molecule has 2 nitrogen and oxygen atoms in total. The Hall–Kier alpha value is -0.380. The first-order valence-corrected chi connectivity index (χ1v) is 7.29. The normalized spacial score (nSPS) is 24.5. The van der Waals surface area contributed by atoms with Gasteiger partial charge in [0.25, 0.3) is 0 Å². The highest BCUT2D eigenvalue weighted by Crippen LogP contribution is 2.41. The molecule has 1 saturated carbocycles. The highest BCUT2D eigenvalue weighted by Gasteiger charge is 2.30. The van der Waals surface area contributed by atoms with Crippen LogP contribution in [-0.2, 0) is 0 Å². The Morgan fingerprint density at radius 2 is 2.19 bits per heavy atom. The van der Waals surface area contributed by atoms with Crippen LogP contribution in [0, 0.1) is 5.92 Å². The Morgan fingerprint density at radius 1 is 1.38 bits per heavy atom. The lowest BCUT2D eigenvalue weighted by Gasteiger charge is -2.34. The molecule has 1 aliphatic carbocycles. The van der Waals surface area contributed by atoms with Crippen molar-refractivity contribution >= 4 is 11.3 Å². The van der Waals surface area contributed by atoms with Gasteiger partial charge >= 0.3 is 0 Å². The second-order valence-electron chi connectivity index (χ2n) is 5.00. The van der Waals surface area contributed by atoms with E-state index in [0.29, 0.717) is 6.04 Å². The Labute approximate surface area is 102 Å². The largest absolute Gasteiger partial charge is 0.314 e. The summed E-state index contributed by atoms with van der Waals surface area (Å²) in [6, 6.07) is 5.22. The van der Waals surface area contributed by atoms with Crippen LogP contribution in [0.25, 0.3) is 0 Å². The molecule has 1 aliphatic heterocycles. The lowest BCUT2D eigenvalue weighted by atomic mass is 10.1. The highest BCUT2D eigenvalue weighted by molar-refractivity contribution is 7.10. The maximum atomic E-state index is 3.45. The van der Waals surface area contributed by atoms with E-state index >= 15 is 0 Å². The molecule has 1 aromatic rings. The lowest BCUT2D eigenvalue weighted by Crippen LogP contribution is -2.45. The van der Waals surface area contributed by atoms with Gasteiger partial charge in [0, 0.05) is 37.1 Å². The highest BCUT2D eigenvalue weighted by atomic mass is 32.1. The van der Waals surface area contributed by atoms with Crippen molar-refractivity contribution in [3.63, 3.8) is 0 Å². The molecule has 2 fully saturated rings. The summed E-state index contributed by atoms with van der Waals surface area (Å²) in [4.78, 5) is 4.26. The number of thiophene rings is 1. The summed E-state index contributed by atoms with van der Waals surface area (Å²) in [7, 11) is 0. The minimum atomic E-state index is 0.703. The zero-order valence-electron chi connectivity index (χ0n) is 9.69. The third-order valence-corrected chi connectivity index (χ3v) is 4.69. The van der Waals surface area contributed by atoms with E-state index in [2.05, 4.69) is 27.7 Å². The first kappa shape index (κ1) is 10.8. The Balaban J connectivity index is 1.71. The van der Waals surface area contributed by atoms with Crippen LogP contribution in [0.3, 0.4) is 0 Å². The van der Waals surface area contributed by atoms with Gasteiger partial charge in [0.1, 0.15) is 0 Å². The SMILES string of the molecule is c1csc([C@H](CC2CC2)N2CCNCC2)c1. The molecule has 2 aliphatic rings. The van der Waals surface area contributed by atoms with E-state index in [9.17, 15) is 0 Å². The molecule has 0 aromatic carbocycles. The summed E-state index contributed by atoms with van der Waals surface area (Å²) in [5.41, 5.74) is 0. The van der Waals surface area contributed by atoms with Crippen LogP contribution >= 0.6 is 11.3 Å². The molecule has 1 atom stereocenters. The van der Waals surface area contributed by atoms with Gasteiger partial charge < -0.3 is 5.32 Å². The van der Waals surface area contributed by atoms with E-state index in [1.54, 1.807) is 4.88 Å². The Morgan fingerprint density at radius 3 is 2.81 bits per heavy atom. The molecule has 88 valence electrons. The van der Waals surface area contributed by atoms with Gasteiger partial charge in [0.05, 0.1) is 0 Å². The number of nitrogens with zero attached hydrogens (tertiary/aromatic N) is 1.